The Kier molecular flexibility index (Phi) is 3.79. The molecule has 0 radical (unpaired) electrons. The van der Waals surface area contributed by atoms with E-state index in [4.69, 9.17) is 0 Å². The van der Waals surface area contributed by atoms with Crippen LogP contribution in [0.4, 0.5) is 0 Å². The molecule has 0 amide bonds. The number of aromatic nitrogens is 4. The molecule has 5 heteroatoms. The molecule has 0 atom stereocenters. The lowest BCUT2D eigenvalue weighted by Crippen LogP contribution is -2.21. The number of aryl methyl sites for hydroxylation is 1. The second-order valence-corrected chi connectivity index (χ2v) is 6.98. The molecule has 0 spiro atoms. The molecular weight excluding hydrogens is 348 g/mol. The fraction of sp³-hybridized carbons (Fsp3) is 0.0870. The van der Waals surface area contributed by atoms with Crippen LogP contribution in [0, 0.1) is 0 Å². The molecule has 2 aromatic carbocycles. The minimum atomic E-state index is -0.0729. The standard InChI is InChI=1S/C23H18N4O/c1-26-13-18-4-2-5-19(21(18)14-26)17-9-7-16(8-10-17)12-27-15-25-22-20(23(27)28)6-3-11-24-22/h2-11,13-15H,12H2,1H3. The molecule has 3 aromatic heterocycles. The summed E-state index contributed by atoms with van der Waals surface area (Å²) in [6.07, 6.45) is 7.48. The zero-order valence-corrected chi connectivity index (χ0v) is 15.4. The second kappa shape index (κ2) is 6.46. The molecule has 0 bridgehead atoms. The van der Waals surface area contributed by atoms with E-state index in [-0.39, 0.29) is 5.56 Å². The van der Waals surface area contributed by atoms with Gasteiger partial charge in [0, 0.05) is 31.0 Å². The van der Waals surface area contributed by atoms with Crippen molar-refractivity contribution in [1.82, 2.24) is 19.1 Å². The molecule has 0 aliphatic rings. The zero-order chi connectivity index (χ0) is 19.1. The van der Waals surface area contributed by atoms with Crippen LogP contribution in [0.5, 0.6) is 0 Å². The molecule has 0 saturated heterocycles. The Morgan fingerprint density at radius 1 is 0.893 bits per heavy atom. The summed E-state index contributed by atoms with van der Waals surface area (Å²) in [5.41, 5.74) is 3.83. The van der Waals surface area contributed by atoms with E-state index in [2.05, 4.69) is 69.4 Å². The molecule has 0 N–H and O–H groups in total. The lowest BCUT2D eigenvalue weighted by Gasteiger charge is -2.08. The maximum absolute atomic E-state index is 12.7. The maximum atomic E-state index is 12.7. The van der Waals surface area contributed by atoms with Crippen molar-refractivity contribution in [2.24, 2.45) is 7.05 Å². The van der Waals surface area contributed by atoms with E-state index in [0.717, 1.165) is 11.1 Å². The van der Waals surface area contributed by atoms with E-state index in [1.54, 1.807) is 29.2 Å². The Bertz CT molecular complexity index is 1360. The predicted octanol–water partition coefficient (Wildman–Crippen LogP) is 4.00. The van der Waals surface area contributed by atoms with E-state index in [1.807, 2.05) is 7.05 Å². The Labute approximate surface area is 161 Å². The van der Waals surface area contributed by atoms with Gasteiger partial charge in [0.2, 0.25) is 0 Å². The van der Waals surface area contributed by atoms with Crippen molar-refractivity contribution in [1.29, 1.82) is 0 Å². The number of fused-ring (bicyclic) bond motifs is 2. The maximum Gasteiger partial charge on any atom is 0.263 e. The summed E-state index contributed by atoms with van der Waals surface area (Å²) in [6, 6.07) is 18.2. The van der Waals surface area contributed by atoms with Gasteiger partial charge in [0.25, 0.3) is 5.56 Å². The molecule has 0 aliphatic carbocycles. The van der Waals surface area contributed by atoms with Crippen molar-refractivity contribution in [3.8, 4) is 11.1 Å². The van der Waals surface area contributed by atoms with Gasteiger partial charge in [-0.1, -0.05) is 42.5 Å². The van der Waals surface area contributed by atoms with Crippen LogP contribution in [-0.2, 0) is 13.6 Å². The first-order chi connectivity index (χ1) is 13.7. The Balaban J connectivity index is 1.49. The molecule has 5 aromatic rings. The first-order valence-electron chi connectivity index (χ1n) is 9.13. The van der Waals surface area contributed by atoms with Crippen molar-refractivity contribution in [2.75, 3.05) is 0 Å². The third-order valence-corrected chi connectivity index (χ3v) is 5.03. The van der Waals surface area contributed by atoms with Crippen LogP contribution < -0.4 is 5.56 Å². The fourth-order valence-electron chi connectivity index (χ4n) is 3.65. The molecular formula is C23H18N4O. The second-order valence-electron chi connectivity index (χ2n) is 6.98. The first kappa shape index (κ1) is 16.4. The van der Waals surface area contributed by atoms with Gasteiger partial charge in [-0.15, -0.1) is 0 Å². The molecule has 0 unspecified atom stereocenters. The fourth-order valence-corrected chi connectivity index (χ4v) is 3.65. The normalized spacial score (nSPS) is 11.3. The number of hydrogen-bond donors (Lipinski definition) is 0. The minimum absolute atomic E-state index is 0.0729. The molecule has 5 nitrogen and oxygen atoms in total. The third kappa shape index (κ3) is 2.77. The lowest BCUT2D eigenvalue weighted by molar-refractivity contribution is 0.747. The molecule has 0 saturated carbocycles. The van der Waals surface area contributed by atoms with Gasteiger partial charge in [0.1, 0.15) is 6.33 Å². The van der Waals surface area contributed by atoms with Crippen LogP contribution in [0.1, 0.15) is 5.56 Å². The summed E-state index contributed by atoms with van der Waals surface area (Å²) in [4.78, 5) is 21.1. The summed E-state index contributed by atoms with van der Waals surface area (Å²) in [7, 11) is 2.04. The highest BCUT2D eigenvalue weighted by molar-refractivity contribution is 5.96. The average molecular weight is 366 g/mol. The smallest absolute Gasteiger partial charge is 0.263 e. The van der Waals surface area contributed by atoms with Crippen molar-refractivity contribution >= 4 is 21.8 Å². The highest BCUT2D eigenvalue weighted by Crippen LogP contribution is 2.29. The molecule has 5 rings (SSSR count). The Morgan fingerprint density at radius 2 is 1.75 bits per heavy atom. The monoisotopic (exact) mass is 366 g/mol. The van der Waals surface area contributed by atoms with Gasteiger partial charge in [0.05, 0.1) is 11.9 Å². The van der Waals surface area contributed by atoms with E-state index >= 15 is 0 Å². The summed E-state index contributed by atoms with van der Waals surface area (Å²) in [5.74, 6) is 0. The first-order valence-corrected chi connectivity index (χ1v) is 9.13. The van der Waals surface area contributed by atoms with Gasteiger partial charge >= 0.3 is 0 Å². The van der Waals surface area contributed by atoms with Crippen molar-refractivity contribution < 1.29 is 0 Å². The van der Waals surface area contributed by atoms with Gasteiger partial charge in [-0.05, 0) is 34.2 Å². The summed E-state index contributed by atoms with van der Waals surface area (Å²) in [6.45, 7) is 0.479. The van der Waals surface area contributed by atoms with Gasteiger partial charge in [-0.2, -0.15) is 0 Å². The van der Waals surface area contributed by atoms with Gasteiger partial charge in [-0.3, -0.25) is 9.36 Å². The summed E-state index contributed by atoms with van der Waals surface area (Å²) >= 11 is 0. The third-order valence-electron chi connectivity index (χ3n) is 5.03. The number of pyridine rings is 1. The SMILES string of the molecule is Cn1cc2cccc(-c3ccc(Cn4cnc5ncccc5c4=O)cc3)c2c1. The Hall–Kier alpha value is -3.73. The van der Waals surface area contributed by atoms with Crippen LogP contribution >= 0.6 is 0 Å². The van der Waals surface area contributed by atoms with Crippen LogP contribution in [0.3, 0.4) is 0 Å². The highest BCUT2D eigenvalue weighted by atomic mass is 16.1. The molecule has 136 valence electrons. The number of nitrogens with zero attached hydrogens (tertiary/aromatic N) is 4. The summed E-state index contributed by atoms with van der Waals surface area (Å²) in [5, 5.41) is 3.00. The predicted molar refractivity (Wildman–Crippen MR) is 111 cm³/mol. The van der Waals surface area contributed by atoms with Crippen LogP contribution in [-0.4, -0.2) is 19.1 Å². The summed E-state index contributed by atoms with van der Waals surface area (Å²) < 4.78 is 3.70. The van der Waals surface area contributed by atoms with Crippen LogP contribution in [0.2, 0.25) is 0 Å². The largest absolute Gasteiger partial charge is 0.356 e. The van der Waals surface area contributed by atoms with Crippen LogP contribution in [0.15, 0.2) is 84.3 Å². The average Bonchev–Trinajstić information content (AvgIpc) is 3.11. The molecule has 3 heterocycles. The minimum Gasteiger partial charge on any atom is -0.356 e. The van der Waals surface area contributed by atoms with E-state index < -0.39 is 0 Å². The van der Waals surface area contributed by atoms with E-state index in [1.165, 1.54) is 16.3 Å². The topological polar surface area (TPSA) is 52.7 Å². The van der Waals surface area contributed by atoms with Crippen molar-refractivity contribution in [3.05, 3.63) is 95.4 Å². The van der Waals surface area contributed by atoms with Crippen molar-refractivity contribution in [3.63, 3.8) is 0 Å². The lowest BCUT2D eigenvalue weighted by atomic mass is 10.00. The van der Waals surface area contributed by atoms with E-state index in [9.17, 15) is 4.79 Å². The quantitative estimate of drug-likeness (QED) is 0.485. The number of rotatable bonds is 3. The van der Waals surface area contributed by atoms with Gasteiger partial charge in [0.15, 0.2) is 5.65 Å². The molecule has 0 aliphatic heterocycles. The molecule has 0 fully saturated rings. The number of hydrogen-bond acceptors (Lipinski definition) is 3. The van der Waals surface area contributed by atoms with Gasteiger partial charge in [-0.25, -0.2) is 9.97 Å². The van der Waals surface area contributed by atoms with Crippen LogP contribution in [0.25, 0.3) is 32.9 Å². The Morgan fingerprint density at radius 3 is 2.61 bits per heavy atom. The van der Waals surface area contributed by atoms with Gasteiger partial charge < -0.3 is 4.57 Å². The number of benzene rings is 2. The highest BCUT2D eigenvalue weighted by Gasteiger charge is 2.07. The van der Waals surface area contributed by atoms with Crippen molar-refractivity contribution in [2.45, 2.75) is 6.54 Å². The van der Waals surface area contributed by atoms with E-state index in [0.29, 0.717) is 17.6 Å². The zero-order valence-electron chi connectivity index (χ0n) is 15.4. The molecule has 28 heavy (non-hydrogen) atoms.